The second-order valence-electron chi connectivity index (χ2n) is 7.90. The molecule has 38 heavy (non-hydrogen) atoms. The molecule has 0 radical (unpaired) electrons. The Morgan fingerprint density at radius 1 is 1.21 bits per heavy atom. The van der Waals surface area contributed by atoms with Gasteiger partial charge in [-0.2, -0.15) is 8.78 Å². The SMILES string of the molecule is Cc1cn([C@@H]2C[C@@H](N=[N+]=[N-])[C@H](COP(=O)(O)C(F)(F)P(=O)(O)OP(=O)(O)c3ccccc3)O2)c(=O)[nH]c1=O. The average molecular weight is 601 g/mol. The first-order valence-corrected chi connectivity index (χ1v) is 15.1. The summed E-state index contributed by atoms with van der Waals surface area (Å²) >= 11 is 0. The highest BCUT2D eigenvalue weighted by Gasteiger charge is 2.68. The number of azide groups is 1. The topological polar surface area (TPSA) is 243 Å². The molecule has 208 valence electrons. The molecule has 1 aromatic carbocycles. The van der Waals surface area contributed by atoms with Crippen LogP contribution in [0.15, 0.2) is 51.2 Å². The lowest BCUT2D eigenvalue weighted by Crippen LogP contribution is -2.33. The molecule has 4 N–H and O–H groups in total. The molecule has 0 amide bonds. The summed E-state index contributed by atoms with van der Waals surface area (Å²) < 4.78 is 80.9. The van der Waals surface area contributed by atoms with Gasteiger partial charge in [0.25, 0.3) is 5.56 Å². The number of nitrogens with zero attached hydrogens (tertiary/aromatic N) is 4. The summed E-state index contributed by atoms with van der Waals surface area (Å²) in [6.07, 6.45) is -1.87. The number of hydrogen-bond donors (Lipinski definition) is 4. The average Bonchev–Trinajstić information content (AvgIpc) is 3.22. The molecule has 2 aromatic rings. The van der Waals surface area contributed by atoms with Crippen LogP contribution >= 0.6 is 22.8 Å². The van der Waals surface area contributed by atoms with Gasteiger partial charge in [-0.05, 0) is 24.6 Å². The number of H-pyrrole nitrogens is 1. The van der Waals surface area contributed by atoms with Gasteiger partial charge in [-0.1, -0.05) is 23.3 Å². The maximum atomic E-state index is 14.7. The lowest BCUT2D eigenvalue weighted by molar-refractivity contribution is -0.0276. The Morgan fingerprint density at radius 3 is 2.45 bits per heavy atom. The molecule has 1 aromatic heterocycles. The van der Waals surface area contributed by atoms with E-state index in [-0.39, 0.29) is 12.0 Å². The van der Waals surface area contributed by atoms with E-state index in [0.29, 0.717) is 0 Å². The van der Waals surface area contributed by atoms with Crippen molar-refractivity contribution in [1.29, 1.82) is 0 Å². The van der Waals surface area contributed by atoms with Gasteiger partial charge in [0.1, 0.15) is 6.23 Å². The number of halogens is 2. The Balaban J connectivity index is 1.80. The Bertz CT molecular complexity index is 1510. The Hall–Kier alpha value is -2.48. The smallest absolute Gasteiger partial charge is 0.352 e. The number of aryl methyl sites for hydroxylation is 1. The predicted molar refractivity (Wildman–Crippen MR) is 125 cm³/mol. The van der Waals surface area contributed by atoms with E-state index >= 15 is 0 Å². The first-order chi connectivity index (χ1) is 17.5. The van der Waals surface area contributed by atoms with Gasteiger partial charge in [-0.15, -0.1) is 0 Å². The van der Waals surface area contributed by atoms with Crippen LogP contribution in [0.3, 0.4) is 0 Å². The van der Waals surface area contributed by atoms with Crippen molar-refractivity contribution in [2.75, 3.05) is 6.61 Å². The molecule has 1 aliphatic rings. The second-order valence-corrected chi connectivity index (χ2v) is 13.9. The number of nitrogens with one attached hydrogen (secondary N) is 1. The maximum absolute atomic E-state index is 14.7. The molecule has 21 heteroatoms. The van der Waals surface area contributed by atoms with E-state index in [2.05, 4.69) is 18.9 Å². The van der Waals surface area contributed by atoms with Crippen LogP contribution in [0.2, 0.25) is 0 Å². The molecule has 16 nitrogen and oxygen atoms in total. The highest BCUT2D eigenvalue weighted by molar-refractivity contribution is 7.78. The van der Waals surface area contributed by atoms with E-state index in [0.717, 1.165) is 22.9 Å². The van der Waals surface area contributed by atoms with Crippen LogP contribution in [0.25, 0.3) is 10.4 Å². The van der Waals surface area contributed by atoms with E-state index < -0.39 is 69.7 Å². The molecular formula is C17H20F2N5O11P3. The van der Waals surface area contributed by atoms with Crippen molar-refractivity contribution in [2.45, 2.75) is 37.1 Å². The zero-order chi connectivity index (χ0) is 28.5. The third-order valence-corrected chi connectivity index (χ3v) is 11.4. The molecule has 0 bridgehead atoms. The standard InChI is InChI=1S/C17H20F2N5O11P3/c1-10-8-24(16(26)21-15(10)25)14-7-12(22-23-20)13(34-14)9-33-37(29,30)17(18,19)38(31,32)35-36(27,28)11-5-3-2-4-6-11/h2-6,8,12-14H,7,9H2,1H3,(H,27,28)(H,29,30)(H,31,32)(H,21,25,26)/t12-,13+,14+/m1/s1. The number of aromatic nitrogens is 2. The van der Waals surface area contributed by atoms with Crippen LogP contribution < -0.4 is 16.6 Å². The largest absolute Gasteiger partial charge is 0.444 e. The van der Waals surface area contributed by atoms with Crippen LogP contribution in [-0.2, 0) is 27.3 Å². The normalized spacial score (nSPS) is 24.5. The minimum absolute atomic E-state index is 0.100. The fourth-order valence-electron chi connectivity index (χ4n) is 3.30. The minimum Gasteiger partial charge on any atom is -0.352 e. The molecule has 0 spiro atoms. The summed E-state index contributed by atoms with van der Waals surface area (Å²) in [5.74, 6) is 0. The van der Waals surface area contributed by atoms with Gasteiger partial charge in [0.05, 0.1) is 24.1 Å². The fraction of sp³-hybridized carbons (Fsp3) is 0.412. The minimum atomic E-state index is -6.66. The zero-order valence-electron chi connectivity index (χ0n) is 19.1. The van der Waals surface area contributed by atoms with Gasteiger partial charge >= 0.3 is 33.9 Å². The fourth-order valence-corrected chi connectivity index (χ4v) is 8.10. The molecule has 6 atom stereocenters. The summed E-state index contributed by atoms with van der Waals surface area (Å²) in [5.41, 5.74) is 7.28. The van der Waals surface area contributed by atoms with Crippen LogP contribution in [-0.4, -0.2) is 48.4 Å². The molecule has 1 aliphatic heterocycles. The molecule has 1 fully saturated rings. The van der Waals surface area contributed by atoms with Gasteiger partial charge < -0.3 is 23.9 Å². The first kappa shape index (κ1) is 30.1. The number of rotatable bonds is 10. The quantitative estimate of drug-likeness (QED) is 0.133. The summed E-state index contributed by atoms with van der Waals surface area (Å²) in [6.45, 7) is 0.160. The first-order valence-electron chi connectivity index (χ1n) is 10.3. The van der Waals surface area contributed by atoms with Crippen molar-refractivity contribution in [2.24, 2.45) is 5.11 Å². The molecule has 0 saturated carbocycles. The van der Waals surface area contributed by atoms with E-state index in [4.69, 9.17) is 10.3 Å². The lowest BCUT2D eigenvalue weighted by Gasteiger charge is -2.27. The molecule has 1 saturated heterocycles. The Kier molecular flexibility index (Phi) is 8.66. The summed E-state index contributed by atoms with van der Waals surface area (Å²) in [7, 11) is -18.5. The summed E-state index contributed by atoms with van der Waals surface area (Å²) in [6, 6.07) is 4.45. The number of benzene rings is 1. The summed E-state index contributed by atoms with van der Waals surface area (Å²) in [5, 5.41) is -2.86. The number of aromatic amines is 1. The third kappa shape index (κ3) is 6.05. The Labute approximate surface area is 211 Å². The van der Waals surface area contributed by atoms with Crippen molar-refractivity contribution >= 4 is 28.1 Å². The van der Waals surface area contributed by atoms with E-state index in [1.165, 1.54) is 25.1 Å². The van der Waals surface area contributed by atoms with Crippen molar-refractivity contribution in [3.8, 4) is 0 Å². The third-order valence-electron chi connectivity index (χ3n) is 5.26. The molecular weight excluding hydrogens is 581 g/mol. The van der Waals surface area contributed by atoms with Gasteiger partial charge in [0.15, 0.2) is 0 Å². The van der Waals surface area contributed by atoms with Gasteiger partial charge in [0.2, 0.25) is 0 Å². The molecule has 3 rings (SSSR count). The highest BCUT2D eigenvalue weighted by Crippen LogP contribution is 2.78. The van der Waals surface area contributed by atoms with Crippen LogP contribution in [0.4, 0.5) is 8.78 Å². The van der Waals surface area contributed by atoms with Crippen LogP contribution in [0.5, 0.6) is 0 Å². The molecule has 3 unspecified atom stereocenters. The number of hydrogen-bond acceptors (Lipinski definition) is 9. The van der Waals surface area contributed by atoms with Crippen molar-refractivity contribution in [1.82, 2.24) is 9.55 Å². The highest BCUT2D eigenvalue weighted by atomic mass is 31.3. The Morgan fingerprint density at radius 2 is 1.84 bits per heavy atom. The van der Waals surface area contributed by atoms with Gasteiger partial charge in [-0.3, -0.25) is 28.0 Å². The van der Waals surface area contributed by atoms with Crippen molar-refractivity contribution < 1.29 is 50.7 Å². The van der Waals surface area contributed by atoms with Crippen molar-refractivity contribution in [3.63, 3.8) is 0 Å². The predicted octanol–water partition coefficient (Wildman–Crippen LogP) is 2.28. The van der Waals surface area contributed by atoms with E-state index in [9.17, 15) is 46.7 Å². The maximum Gasteiger partial charge on any atom is 0.444 e. The summed E-state index contributed by atoms with van der Waals surface area (Å²) in [4.78, 5) is 57.7. The lowest BCUT2D eigenvalue weighted by atomic mass is 10.1. The van der Waals surface area contributed by atoms with Crippen LogP contribution in [0, 0.1) is 6.92 Å². The molecule has 2 heterocycles. The van der Waals surface area contributed by atoms with Gasteiger partial charge in [0, 0.05) is 23.1 Å². The second kappa shape index (κ2) is 10.9. The number of ether oxygens (including phenoxy) is 1. The van der Waals surface area contributed by atoms with Crippen molar-refractivity contribution in [3.05, 3.63) is 73.4 Å². The number of alkyl halides is 2. The zero-order valence-corrected chi connectivity index (χ0v) is 21.8. The molecule has 0 aliphatic carbocycles. The van der Waals surface area contributed by atoms with Gasteiger partial charge in [-0.25, -0.2) is 9.11 Å². The van der Waals surface area contributed by atoms with Crippen LogP contribution in [0.1, 0.15) is 18.2 Å². The monoisotopic (exact) mass is 601 g/mol. The van der Waals surface area contributed by atoms with E-state index in [1.54, 1.807) is 0 Å². The van der Waals surface area contributed by atoms with E-state index in [1.807, 2.05) is 4.98 Å².